The molecular weight excluding hydrogens is 170 g/mol. The molecule has 0 saturated carbocycles. The Bertz CT molecular complexity index is 314. The van der Waals surface area contributed by atoms with Gasteiger partial charge in [0.05, 0.1) is 6.26 Å². The third kappa shape index (κ3) is 3.76. The molecule has 5 heteroatoms. The molecule has 0 saturated heterocycles. The molecule has 0 aliphatic rings. The Kier molecular flexibility index (Phi) is 3.31. The Balaban J connectivity index is 2.34. The van der Waals surface area contributed by atoms with Crippen LogP contribution in [0.4, 0.5) is 4.79 Å². The molecule has 1 aromatic heterocycles. The lowest BCUT2D eigenvalue weighted by molar-refractivity contribution is 0.249. The van der Waals surface area contributed by atoms with Gasteiger partial charge >= 0.3 is 6.03 Å². The number of furan rings is 1. The summed E-state index contributed by atoms with van der Waals surface area (Å²) >= 11 is 0. The van der Waals surface area contributed by atoms with Crippen LogP contribution < -0.4 is 11.2 Å². The van der Waals surface area contributed by atoms with Crippen molar-refractivity contribution in [3.63, 3.8) is 0 Å². The van der Waals surface area contributed by atoms with Gasteiger partial charge in [0.2, 0.25) is 0 Å². The second kappa shape index (κ2) is 4.76. The average molecular weight is 179 g/mol. The topological polar surface area (TPSA) is 80.6 Å². The number of hydrazone groups is 1. The number of carbonyl (C=O) groups is 1. The highest BCUT2D eigenvalue weighted by atomic mass is 16.3. The number of amides is 2. The molecule has 3 N–H and O–H groups in total. The number of hydrogen-bond acceptors (Lipinski definition) is 3. The third-order valence-electron chi connectivity index (χ3n) is 1.14. The second-order valence-electron chi connectivity index (χ2n) is 2.13. The van der Waals surface area contributed by atoms with Crippen molar-refractivity contribution in [2.75, 3.05) is 0 Å². The summed E-state index contributed by atoms with van der Waals surface area (Å²) in [6.07, 6.45) is 6.28. The Morgan fingerprint density at radius 2 is 2.54 bits per heavy atom. The van der Waals surface area contributed by atoms with Crippen molar-refractivity contribution in [2.45, 2.75) is 0 Å². The molecule has 5 nitrogen and oxygen atoms in total. The van der Waals surface area contributed by atoms with Crippen LogP contribution in [0.5, 0.6) is 0 Å². The Morgan fingerprint density at radius 1 is 1.69 bits per heavy atom. The van der Waals surface area contributed by atoms with Gasteiger partial charge in [-0.25, -0.2) is 10.2 Å². The van der Waals surface area contributed by atoms with Crippen molar-refractivity contribution in [3.8, 4) is 0 Å². The maximum absolute atomic E-state index is 10.1. The number of rotatable bonds is 3. The van der Waals surface area contributed by atoms with E-state index in [1.807, 2.05) is 0 Å². The fourth-order valence-corrected chi connectivity index (χ4v) is 0.668. The monoisotopic (exact) mass is 179 g/mol. The molecule has 0 aromatic carbocycles. The summed E-state index contributed by atoms with van der Waals surface area (Å²) in [5, 5.41) is 3.49. The minimum atomic E-state index is -0.692. The highest BCUT2D eigenvalue weighted by Gasteiger charge is 1.84. The van der Waals surface area contributed by atoms with Crippen LogP contribution in [-0.4, -0.2) is 12.2 Å². The SMILES string of the molecule is NC(=O)N/N=C/C=C/c1ccco1. The van der Waals surface area contributed by atoms with Gasteiger partial charge in [-0.1, -0.05) is 0 Å². The summed E-state index contributed by atoms with van der Waals surface area (Å²) in [5.74, 6) is 0.713. The summed E-state index contributed by atoms with van der Waals surface area (Å²) in [6.45, 7) is 0. The first-order valence-electron chi connectivity index (χ1n) is 3.58. The predicted octanol–water partition coefficient (Wildman–Crippen LogP) is 0.947. The van der Waals surface area contributed by atoms with Gasteiger partial charge in [0, 0.05) is 6.21 Å². The van der Waals surface area contributed by atoms with Crippen LogP contribution in [0.2, 0.25) is 0 Å². The van der Waals surface area contributed by atoms with Crippen LogP contribution in [-0.2, 0) is 0 Å². The zero-order valence-corrected chi connectivity index (χ0v) is 6.81. The molecule has 1 rings (SSSR count). The van der Waals surface area contributed by atoms with E-state index in [0.29, 0.717) is 5.76 Å². The van der Waals surface area contributed by atoms with E-state index in [1.165, 1.54) is 6.21 Å². The maximum atomic E-state index is 10.1. The Hall–Kier alpha value is -2.04. The van der Waals surface area contributed by atoms with E-state index in [1.54, 1.807) is 30.5 Å². The van der Waals surface area contributed by atoms with Crippen molar-refractivity contribution in [3.05, 3.63) is 30.2 Å². The Labute approximate surface area is 74.9 Å². The molecule has 0 atom stereocenters. The standard InChI is InChI=1S/C8H9N3O2/c9-8(12)11-10-5-1-3-7-4-2-6-13-7/h1-6H,(H3,9,11,12)/b3-1+,10-5+. The van der Waals surface area contributed by atoms with Gasteiger partial charge in [0.25, 0.3) is 0 Å². The first-order chi connectivity index (χ1) is 6.29. The number of nitrogens with two attached hydrogens (primary N) is 1. The Morgan fingerprint density at radius 3 is 3.15 bits per heavy atom. The van der Waals surface area contributed by atoms with E-state index in [-0.39, 0.29) is 0 Å². The number of hydrogen-bond donors (Lipinski definition) is 2. The zero-order chi connectivity index (χ0) is 9.52. The molecule has 0 bridgehead atoms. The van der Waals surface area contributed by atoms with Crippen LogP contribution >= 0.6 is 0 Å². The summed E-state index contributed by atoms with van der Waals surface area (Å²) in [7, 11) is 0. The quantitative estimate of drug-likeness (QED) is 0.535. The lowest BCUT2D eigenvalue weighted by Gasteiger charge is -1.86. The van der Waals surface area contributed by atoms with E-state index in [2.05, 4.69) is 10.5 Å². The minimum Gasteiger partial charge on any atom is -0.465 e. The van der Waals surface area contributed by atoms with Gasteiger partial charge < -0.3 is 10.2 Å². The maximum Gasteiger partial charge on any atom is 0.332 e. The lowest BCUT2D eigenvalue weighted by Crippen LogP contribution is -2.24. The van der Waals surface area contributed by atoms with Gasteiger partial charge in [-0.05, 0) is 24.3 Å². The molecule has 0 aliphatic heterocycles. The average Bonchev–Trinajstić information content (AvgIpc) is 2.55. The third-order valence-corrected chi connectivity index (χ3v) is 1.14. The van der Waals surface area contributed by atoms with Crippen molar-refractivity contribution < 1.29 is 9.21 Å². The largest absolute Gasteiger partial charge is 0.465 e. The fraction of sp³-hybridized carbons (Fsp3) is 0. The molecule has 1 heterocycles. The van der Waals surface area contributed by atoms with Crippen LogP contribution in [0.15, 0.2) is 34.0 Å². The van der Waals surface area contributed by atoms with Gasteiger partial charge in [0.15, 0.2) is 0 Å². The molecule has 13 heavy (non-hydrogen) atoms. The highest BCUT2D eigenvalue weighted by molar-refractivity contribution is 5.79. The normalized spacial score (nSPS) is 11.1. The van der Waals surface area contributed by atoms with Gasteiger partial charge in [-0.3, -0.25) is 0 Å². The molecule has 68 valence electrons. The number of allylic oxidation sites excluding steroid dienone is 1. The number of primary amides is 1. The molecule has 0 spiro atoms. The molecule has 0 radical (unpaired) electrons. The number of nitrogens with one attached hydrogen (secondary N) is 1. The molecule has 0 fully saturated rings. The fourth-order valence-electron chi connectivity index (χ4n) is 0.668. The first-order valence-corrected chi connectivity index (χ1v) is 3.58. The van der Waals surface area contributed by atoms with E-state index in [0.717, 1.165) is 0 Å². The van der Waals surface area contributed by atoms with Crippen molar-refractivity contribution in [1.29, 1.82) is 0 Å². The van der Waals surface area contributed by atoms with Crippen LogP contribution in [0.1, 0.15) is 5.76 Å². The molecule has 1 aromatic rings. The highest BCUT2D eigenvalue weighted by Crippen LogP contribution is 2.00. The second-order valence-corrected chi connectivity index (χ2v) is 2.13. The zero-order valence-electron chi connectivity index (χ0n) is 6.81. The van der Waals surface area contributed by atoms with E-state index in [4.69, 9.17) is 10.2 Å². The van der Waals surface area contributed by atoms with Gasteiger partial charge in [-0.2, -0.15) is 5.10 Å². The van der Waals surface area contributed by atoms with E-state index >= 15 is 0 Å². The summed E-state index contributed by atoms with van der Waals surface area (Å²) < 4.78 is 5.00. The molecule has 0 aliphatic carbocycles. The van der Waals surface area contributed by atoms with Crippen LogP contribution in [0.25, 0.3) is 6.08 Å². The van der Waals surface area contributed by atoms with E-state index in [9.17, 15) is 4.79 Å². The molecule has 2 amide bonds. The van der Waals surface area contributed by atoms with Gasteiger partial charge in [0.1, 0.15) is 5.76 Å². The van der Waals surface area contributed by atoms with Crippen molar-refractivity contribution in [1.82, 2.24) is 5.43 Å². The van der Waals surface area contributed by atoms with Gasteiger partial charge in [-0.15, -0.1) is 0 Å². The first kappa shape index (κ1) is 9.05. The molecule has 0 unspecified atom stereocenters. The summed E-state index contributed by atoms with van der Waals surface area (Å²) in [6, 6.07) is 2.88. The number of urea groups is 1. The predicted molar refractivity (Wildman–Crippen MR) is 49.0 cm³/mol. The number of carbonyl (C=O) groups excluding carboxylic acids is 1. The minimum absolute atomic E-state index is 0.692. The van der Waals surface area contributed by atoms with E-state index < -0.39 is 6.03 Å². The van der Waals surface area contributed by atoms with Crippen LogP contribution in [0, 0.1) is 0 Å². The van der Waals surface area contributed by atoms with Crippen molar-refractivity contribution in [2.24, 2.45) is 10.8 Å². The summed E-state index contributed by atoms with van der Waals surface area (Å²) in [4.78, 5) is 10.1. The van der Waals surface area contributed by atoms with Crippen LogP contribution in [0.3, 0.4) is 0 Å². The summed E-state index contributed by atoms with van der Waals surface area (Å²) in [5.41, 5.74) is 6.81. The van der Waals surface area contributed by atoms with Crippen molar-refractivity contribution >= 4 is 18.3 Å². The number of nitrogens with zero attached hydrogens (tertiary/aromatic N) is 1. The lowest BCUT2D eigenvalue weighted by atomic mass is 10.4. The smallest absolute Gasteiger partial charge is 0.332 e. The molecular formula is C8H9N3O2.